The van der Waals surface area contributed by atoms with Gasteiger partial charge in [-0.15, -0.1) is 0 Å². The second kappa shape index (κ2) is 5.63. The molecule has 0 fully saturated rings. The molecule has 0 spiro atoms. The second-order valence-electron chi connectivity index (χ2n) is 4.42. The Hall–Kier alpha value is -1.63. The maximum absolute atomic E-state index is 2.26. The molecule has 0 nitrogen and oxygen atoms in total. The van der Waals surface area contributed by atoms with Gasteiger partial charge >= 0.3 is 104 Å². The zero-order valence-electron chi connectivity index (χ0n) is 10.4. The Bertz CT molecular complexity index is 500. The van der Waals surface area contributed by atoms with E-state index in [0.29, 0.717) is 5.82 Å². The topological polar surface area (TPSA) is 0 Å². The van der Waals surface area contributed by atoms with E-state index < -0.39 is 0 Å². The molecule has 0 heterocycles. The summed E-state index contributed by atoms with van der Waals surface area (Å²) >= 11 is 0. The summed E-state index contributed by atoms with van der Waals surface area (Å²) in [4.78, 5) is 0. The summed E-state index contributed by atoms with van der Waals surface area (Å²) in [7, 11) is 0. The van der Waals surface area contributed by atoms with Gasteiger partial charge in [-0.25, -0.2) is 0 Å². The molecule has 2 aromatic carbocycles. The van der Waals surface area contributed by atoms with Gasteiger partial charge in [0, 0.05) is 0 Å². The fraction of sp³-hybridized carbons (Fsp3) is 0.188. The molecule has 0 aliphatic heterocycles. The molecule has 2 rings (SSSR count). The summed E-state index contributed by atoms with van der Waals surface area (Å²) in [5.41, 5.74) is 3.98. The summed E-state index contributed by atoms with van der Waals surface area (Å²) in [5.74, 6) is 2.67. The van der Waals surface area contributed by atoms with Crippen LogP contribution in [-0.4, -0.2) is 12.9 Å². The summed E-state index contributed by atoms with van der Waals surface area (Å²) in [6.45, 7) is 6.63. The second-order valence-corrected chi connectivity index (χ2v) is 4.42. The van der Waals surface area contributed by atoms with Crippen LogP contribution in [0.25, 0.3) is 0 Å². The van der Waals surface area contributed by atoms with Crippen LogP contribution in [0, 0.1) is 6.92 Å². The Morgan fingerprint density at radius 2 is 1.59 bits per heavy atom. The summed E-state index contributed by atoms with van der Waals surface area (Å²) in [6, 6.07) is 19.0. The van der Waals surface area contributed by atoms with Crippen molar-refractivity contribution in [2.45, 2.75) is 19.7 Å². The van der Waals surface area contributed by atoms with Crippen LogP contribution in [0.4, 0.5) is 0 Å². The molecule has 0 bridgehead atoms. The van der Waals surface area contributed by atoms with Crippen molar-refractivity contribution in [2.24, 2.45) is 0 Å². The summed E-state index contributed by atoms with van der Waals surface area (Å²) in [5, 5.41) is 0. The van der Waals surface area contributed by atoms with Crippen LogP contribution in [0.3, 0.4) is 0 Å². The van der Waals surface area contributed by atoms with E-state index in [4.69, 9.17) is 0 Å². The molecule has 0 amide bonds. The molecule has 0 saturated carbocycles. The first kappa shape index (κ1) is 11.8. The van der Waals surface area contributed by atoms with Crippen LogP contribution < -0.4 is 0 Å². The van der Waals surface area contributed by atoms with Gasteiger partial charge < -0.3 is 0 Å². The molecular formula is C16H17B. The first-order valence-electron chi connectivity index (χ1n) is 6.06. The zero-order chi connectivity index (χ0) is 12.1. The van der Waals surface area contributed by atoms with Crippen molar-refractivity contribution >= 4 is 12.9 Å². The van der Waals surface area contributed by atoms with Gasteiger partial charge in [-0.3, -0.25) is 0 Å². The maximum atomic E-state index is 2.26. The minimum absolute atomic E-state index is 0.454. The molecule has 0 aliphatic carbocycles. The van der Waals surface area contributed by atoms with Crippen molar-refractivity contribution in [3.63, 3.8) is 0 Å². The number of aryl methyl sites for hydroxylation is 1. The number of hydrogen-bond donors (Lipinski definition) is 0. The van der Waals surface area contributed by atoms with Crippen molar-refractivity contribution in [3.8, 4) is 0 Å². The molecule has 0 radical (unpaired) electrons. The number of hydrogen-bond acceptors (Lipinski definition) is 0. The van der Waals surface area contributed by atoms with Crippen molar-refractivity contribution in [1.29, 1.82) is 0 Å². The predicted octanol–water partition coefficient (Wildman–Crippen LogP) is 3.61. The Labute approximate surface area is 104 Å². The van der Waals surface area contributed by atoms with Crippen molar-refractivity contribution < 1.29 is 0 Å². The van der Waals surface area contributed by atoms with Gasteiger partial charge in [0.05, 0.1) is 0 Å². The zero-order valence-corrected chi connectivity index (χ0v) is 10.4. The first-order valence-corrected chi connectivity index (χ1v) is 6.06. The molecule has 84 valence electrons. The van der Waals surface area contributed by atoms with Crippen LogP contribution >= 0.6 is 0 Å². The predicted molar refractivity (Wildman–Crippen MR) is 77.0 cm³/mol. The Morgan fingerprint density at radius 1 is 0.941 bits per heavy atom. The SMILES string of the molecule is Cc1ccccc1C=BC(C)c1ccccc1. The van der Waals surface area contributed by atoms with E-state index in [0.717, 1.165) is 0 Å². The van der Waals surface area contributed by atoms with E-state index in [1.807, 2.05) is 0 Å². The Morgan fingerprint density at radius 3 is 2.29 bits per heavy atom. The van der Waals surface area contributed by atoms with Crippen LogP contribution in [0.5, 0.6) is 0 Å². The van der Waals surface area contributed by atoms with Crippen LogP contribution in [0.15, 0.2) is 54.6 Å². The fourth-order valence-corrected chi connectivity index (χ4v) is 1.89. The van der Waals surface area contributed by atoms with Crippen molar-refractivity contribution in [3.05, 3.63) is 71.3 Å². The molecule has 0 N–H and O–H groups in total. The average molecular weight is 220 g/mol. The first-order chi connectivity index (χ1) is 8.27. The molecule has 2 aromatic rings. The van der Waals surface area contributed by atoms with Gasteiger partial charge in [0.2, 0.25) is 0 Å². The quantitative estimate of drug-likeness (QED) is 0.693. The third-order valence-electron chi connectivity index (χ3n) is 3.08. The molecule has 1 atom stereocenters. The van der Waals surface area contributed by atoms with Gasteiger partial charge in [-0.05, 0) is 0 Å². The van der Waals surface area contributed by atoms with Gasteiger partial charge in [0.25, 0.3) is 0 Å². The standard InChI is InChI=1S/C16H17B/c1-13-8-6-7-11-16(13)12-17-14(2)15-9-4-3-5-10-15/h3-12,14H,1-2H3. The van der Waals surface area contributed by atoms with Crippen molar-refractivity contribution in [2.75, 3.05) is 0 Å². The summed E-state index contributed by atoms with van der Waals surface area (Å²) < 4.78 is 0. The van der Waals surface area contributed by atoms with E-state index >= 15 is 0 Å². The van der Waals surface area contributed by atoms with Crippen LogP contribution in [0.2, 0.25) is 0 Å². The molecule has 0 aliphatic rings. The van der Waals surface area contributed by atoms with Gasteiger partial charge in [0.1, 0.15) is 0 Å². The minimum atomic E-state index is 0.454. The third-order valence-corrected chi connectivity index (χ3v) is 3.08. The average Bonchev–Trinajstić information content (AvgIpc) is 2.38. The third kappa shape index (κ3) is 3.16. The molecular weight excluding hydrogens is 203 g/mol. The Kier molecular flexibility index (Phi) is 3.92. The van der Waals surface area contributed by atoms with E-state index in [9.17, 15) is 0 Å². The van der Waals surface area contributed by atoms with E-state index in [1.165, 1.54) is 16.7 Å². The molecule has 17 heavy (non-hydrogen) atoms. The normalized spacial score (nSPS) is 12.4. The molecule has 1 heteroatoms. The molecule has 1 unspecified atom stereocenters. The number of rotatable bonds is 3. The Balaban J connectivity index is 2.14. The van der Waals surface area contributed by atoms with E-state index in [1.54, 1.807) is 0 Å². The van der Waals surface area contributed by atoms with Crippen LogP contribution in [-0.2, 0) is 0 Å². The van der Waals surface area contributed by atoms with Crippen molar-refractivity contribution in [1.82, 2.24) is 0 Å². The monoisotopic (exact) mass is 220 g/mol. The van der Waals surface area contributed by atoms with Gasteiger partial charge in [0.15, 0.2) is 0 Å². The molecule has 0 aromatic heterocycles. The molecule has 0 saturated heterocycles. The van der Waals surface area contributed by atoms with Gasteiger partial charge in [-0.1, -0.05) is 0 Å². The van der Waals surface area contributed by atoms with Crippen LogP contribution in [0.1, 0.15) is 29.4 Å². The fourth-order valence-electron chi connectivity index (χ4n) is 1.89. The van der Waals surface area contributed by atoms with E-state index in [-0.39, 0.29) is 0 Å². The van der Waals surface area contributed by atoms with E-state index in [2.05, 4.69) is 81.3 Å². The number of benzene rings is 2. The summed E-state index contributed by atoms with van der Waals surface area (Å²) in [6.07, 6.45) is 0. The van der Waals surface area contributed by atoms with Gasteiger partial charge in [-0.2, -0.15) is 0 Å².